The molecular formula is C14H20N2O4S. The van der Waals surface area contributed by atoms with E-state index in [9.17, 15) is 14.4 Å². The van der Waals surface area contributed by atoms with Crippen molar-refractivity contribution in [2.75, 3.05) is 11.9 Å². The van der Waals surface area contributed by atoms with Gasteiger partial charge in [-0.2, -0.15) is 0 Å². The van der Waals surface area contributed by atoms with E-state index in [-0.39, 0.29) is 18.2 Å². The molecule has 0 atom stereocenters. The van der Waals surface area contributed by atoms with Crippen LogP contribution in [0.3, 0.4) is 0 Å². The number of rotatable bonds is 8. The normalized spacial score (nSPS) is 10.2. The van der Waals surface area contributed by atoms with Crippen molar-refractivity contribution >= 4 is 34.1 Å². The molecule has 0 saturated heterocycles. The number of aliphatic carboxylic acids is 1. The summed E-state index contributed by atoms with van der Waals surface area (Å²) in [5.41, 5.74) is 0.471. The molecule has 116 valence electrons. The van der Waals surface area contributed by atoms with Crippen LogP contribution in [-0.2, 0) is 9.59 Å². The Balaban J connectivity index is 2.41. The number of nitrogens with one attached hydrogen (secondary N) is 2. The standard InChI is InChI=1S/C14H20N2O4S/c1-9-8-11(14(21-9)16-10(2)17)13(20)15-7-5-3-4-6-12(18)19/h8H,3-7H2,1-2H3,(H,15,20)(H,16,17)(H,18,19). The van der Waals surface area contributed by atoms with Crippen LogP contribution in [0.4, 0.5) is 5.00 Å². The van der Waals surface area contributed by atoms with E-state index in [0.29, 0.717) is 23.5 Å². The van der Waals surface area contributed by atoms with Gasteiger partial charge < -0.3 is 15.7 Å². The maximum absolute atomic E-state index is 12.1. The zero-order chi connectivity index (χ0) is 15.8. The van der Waals surface area contributed by atoms with Crippen LogP contribution in [0.15, 0.2) is 6.07 Å². The average Bonchev–Trinajstić information content (AvgIpc) is 2.73. The van der Waals surface area contributed by atoms with Crippen molar-refractivity contribution in [1.82, 2.24) is 5.32 Å². The third-order valence-electron chi connectivity index (χ3n) is 2.74. The molecule has 7 heteroatoms. The Bertz CT molecular complexity index is 525. The summed E-state index contributed by atoms with van der Waals surface area (Å²) in [5, 5.41) is 14.5. The zero-order valence-electron chi connectivity index (χ0n) is 12.2. The minimum absolute atomic E-state index is 0.157. The number of aryl methyl sites for hydroxylation is 1. The summed E-state index contributed by atoms with van der Waals surface area (Å²) in [6.45, 7) is 3.77. The minimum atomic E-state index is -0.798. The Morgan fingerprint density at radius 2 is 1.95 bits per heavy atom. The molecule has 3 N–H and O–H groups in total. The number of hydrogen-bond donors (Lipinski definition) is 3. The Hall–Kier alpha value is -1.89. The van der Waals surface area contributed by atoms with Gasteiger partial charge in [-0.3, -0.25) is 14.4 Å². The molecular weight excluding hydrogens is 292 g/mol. The van der Waals surface area contributed by atoms with Crippen LogP contribution in [0.1, 0.15) is 47.8 Å². The quantitative estimate of drug-likeness (QED) is 0.642. The van der Waals surface area contributed by atoms with Gasteiger partial charge in [-0.25, -0.2) is 0 Å². The van der Waals surface area contributed by atoms with Gasteiger partial charge in [-0.15, -0.1) is 11.3 Å². The van der Waals surface area contributed by atoms with Crippen LogP contribution < -0.4 is 10.6 Å². The van der Waals surface area contributed by atoms with Crippen molar-refractivity contribution in [2.24, 2.45) is 0 Å². The van der Waals surface area contributed by atoms with Gasteiger partial charge in [0.25, 0.3) is 5.91 Å². The molecule has 6 nitrogen and oxygen atoms in total. The monoisotopic (exact) mass is 312 g/mol. The fourth-order valence-electron chi connectivity index (χ4n) is 1.81. The minimum Gasteiger partial charge on any atom is -0.481 e. The Morgan fingerprint density at radius 1 is 1.24 bits per heavy atom. The summed E-state index contributed by atoms with van der Waals surface area (Å²) in [5.74, 6) is -1.23. The first-order chi connectivity index (χ1) is 9.90. The number of carboxylic acids is 1. The Kier molecular flexibility index (Phi) is 6.87. The second-order valence-corrected chi connectivity index (χ2v) is 6.00. The summed E-state index contributed by atoms with van der Waals surface area (Å²) >= 11 is 1.36. The molecule has 0 spiro atoms. The molecule has 2 amide bonds. The summed E-state index contributed by atoms with van der Waals surface area (Å²) in [6, 6.07) is 1.75. The van der Waals surface area contributed by atoms with Crippen molar-refractivity contribution in [3.05, 3.63) is 16.5 Å². The van der Waals surface area contributed by atoms with E-state index in [2.05, 4.69) is 10.6 Å². The van der Waals surface area contributed by atoms with Crippen molar-refractivity contribution < 1.29 is 19.5 Å². The van der Waals surface area contributed by atoms with E-state index in [1.807, 2.05) is 6.92 Å². The number of hydrogen-bond acceptors (Lipinski definition) is 4. The maximum Gasteiger partial charge on any atom is 0.303 e. The smallest absolute Gasteiger partial charge is 0.303 e. The van der Waals surface area contributed by atoms with E-state index in [4.69, 9.17) is 5.11 Å². The highest BCUT2D eigenvalue weighted by Crippen LogP contribution is 2.27. The van der Waals surface area contributed by atoms with Crippen LogP contribution >= 0.6 is 11.3 Å². The van der Waals surface area contributed by atoms with Crippen LogP contribution in [0.5, 0.6) is 0 Å². The largest absolute Gasteiger partial charge is 0.481 e. The molecule has 0 aliphatic heterocycles. The first-order valence-electron chi connectivity index (χ1n) is 6.78. The first-order valence-corrected chi connectivity index (χ1v) is 7.60. The molecule has 0 unspecified atom stereocenters. The molecule has 0 aliphatic carbocycles. The molecule has 21 heavy (non-hydrogen) atoms. The molecule has 0 fully saturated rings. The van der Waals surface area contributed by atoms with Crippen LogP contribution in [0.25, 0.3) is 0 Å². The molecule has 1 rings (SSSR count). The van der Waals surface area contributed by atoms with Gasteiger partial charge in [0.2, 0.25) is 5.91 Å². The van der Waals surface area contributed by atoms with Gasteiger partial charge in [0, 0.05) is 24.8 Å². The number of carbonyl (C=O) groups is 3. The SMILES string of the molecule is CC(=O)Nc1sc(C)cc1C(=O)NCCCCCC(=O)O. The summed E-state index contributed by atoms with van der Waals surface area (Å²) in [7, 11) is 0. The summed E-state index contributed by atoms with van der Waals surface area (Å²) in [4.78, 5) is 34.5. The second kappa shape index (κ2) is 8.41. The topological polar surface area (TPSA) is 95.5 Å². The highest BCUT2D eigenvalue weighted by Gasteiger charge is 2.15. The maximum atomic E-state index is 12.1. The Morgan fingerprint density at radius 3 is 2.57 bits per heavy atom. The number of carboxylic acid groups (broad SMARTS) is 1. The lowest BCUT2D eigenvalue weighted by atomic mass is 10.2. The zero-order valence-corrected chi connectivity index (χ0v) is 13.0. The predicted octanol–water partition coefficient (Wildman–Crippen LogP) is 2.39. The average molecular weight is 312 g/mol. The molecule has 0 saturated carbocycles. The molecule has 0 bridgehead atoms. The number of anilines is 1. The van der Waals surface area contributed by atoms with Crippen molar-refractivity contribution in [2.45, 2.75) is 39.5 Å². The van der Waals surface area contributed by atoms with Gasteiger partial charge in [-0.1, -0.05) is 6.42 Å². The van der Waals surface area contributed by atoms with Gasteiger partial charge in [0.1, 0.15) is 5.00 Å². The van der Waals surface area contributed by atoms with E-state index >= 15 is 0 Å². The Labute approximate surface area is 127 Å². The van der Waals surface area contributed by atoms with Gasteiger partial charge >= 0.3 is 5.97 Å². The third kappa shape index (κ3) is 6.40. The lowest BCUT2D eigenvalue weighted by Gasteiger charge is -2.06. The fourth-order valence-corrected chi connectivity index (χ4v) is 2.77. The first kappa shape index (κ1) is 17.2. The summed E-state index contributed by atoms with van der Waals surface area (Å²) in [6.07, 6.45) is 2.26. The molecule has 1 aromatic rings. The summed E-state index contributed by atoms with van der Waals surface area (Å²) < 4.78 is 0. The van der Waals surface area contributed by atoms with Crippen molar-refractivity contribution in [3.8, 4) is 0 Å². The van der Waals surface area contributed by atoms with Crippen LogP contribution in [-0.4, -0.2) is 29.4 Å². The number of amides is 2. The molecule has 1 heterocycles. The van der Waals surface area contributed by atoms with Gasteiger partial charge in [-0.05, 0) is 25.8 Å². The van der Waals surface area contributed by atoms with E-state index in [1.165, 1.54) is 18.3 Å². The number of thiophene rings is 1. The van der Waals surface area contributed by atoms with Crippen LogP contribution in [0.2, 0.25) is 0 Å². The van der Waals surface area contributed by atoms with E-state index < -0.39 is 5.97 Å². The molecule has 1 aromatic heterocycles. The van der Waals surface area contributed by atoms with Gasteiger partial charge in [0.15, 0.2) is 0 Å². The second-order valence-electron chi connectivity index (χ2n) is 4.74. The fraction of sp³-hybridized carbons (Fsp3) is 0.500. The van der Waals surface area contributed by atoms with E-state index in [0.717, 1.165) is 17.7 Å². The highest BCUT2D eigenvalue weighted by atomic mass is 32.1. The van der Waals surface area contributed by atoms with Crippen molar-refractivity contribution in [1.29, 1.82) is 0 Å². The third-order valence-corrected chi connectivity index (χ3v) is 3.71. The van der Waals surface area contributed by atoms with Gasteiger partial charge in [0.05, 0.1) is 5.56 Å². The lowest BCUT2D eigenvalue weighted by molar-refractivity contribution is -0.137. The number of carbonyl (C=O) groups excluding carboxylic acids is 2. The van der Waals surface area contributed by atoms with E-state index in [1.54, 1.807) is 6.07 Å². The molecule has 0 aromatic carbocycles. The number of unbranched alkanes of at least 4 members (excludes halogenated alkanes) is 2. The predicted molar refractivity (Wildman–Crippen MR) is 81.8 cm³/mol. The van der Waals surface area contributed by atoms with Crippen molar-refractivity contribution in [3.63, 3.8) is 0 Å². The lowest BCUT2D eigenvalue weighted by Crippen LogP contribution is -2.25. The van der Waals surface area contributed by atoms with Crippen LogP contribution in [0, 0.1) is 6.92 Å². The molecule has 0 aliphatic rings. The molecule has 0 radical (unpaired) electrons. The highest BCUT2D eigenvalue weighted by molar-refractivity contribution is 7.16.